The summed E-state index contributed by atoms with van der Waals surface area (Å²) in [5.41, 5.74) is 6.55. The molecule has 0 spiro atoms. The van der Waals surface area contributed by atoms with Crippen LogP contribution in [0.5, 0.6) is 5.75 Å². The Balaban J connectivity index is 1.87. The average Bonchev–Trinajstić information content (AvgIpc) is 3.23. The number of hydrogen-bond donors (Lipinski definition) is 2. The van der Waals surface area contributed by atoms with Crippen LogP contribution in [-0.2, 0) is 0 Å². The lowest BCUT2D eigenvalue weighted by molar-refractivity contribution is 0.0972. The van der Waals surface area contributed by atoms with Crippen LogP contribution in [0, 0.1) is 11.8 Å². The number of ether oxygens (including phenoxy) is 1. The molecule has 18 heavy (non-hydrogen) atoms. The fraction of sp³-hybridized carbons (Fsp3) is 0.615. The van der Waals surface area contributed by atoms with Crippen molar-refractivity contribution in [3.8, 4) is 5.75 Å². The summed E-state index contributed by atoms with van der Waals surface area (Å²) >= 11 is 1.45. The Bertz CT molecular complexity index is 493. The van der Waals surface area contributed by atoms with Gasteiger partial charge in [-0.3, -0.25) is 4.79 Å². The van der Waals surface area contributed by atoms with E-state index in [1.165, 1.54) is 17.8 Å². The number of nitrogens with two attached hydrogens (primary N) is 1. The third-order valence-corrected chi connectivity index (χ3v) is 4.83. The van der Waals surface area contributed by atoms with Crippen molar-refractivity contribution in [3.63, 3.8) is 0 Å². The van der Waals surface area contributed by atoms with Gasteiger partial charge in [-0.2, -0.15) is 0 Å². The Hall–Kier alpha value is -1.23. The van der Waals surface area contributed by atoms with Gasteiger partial charge in [0.15, 0.2) is 11.5 Å². The van der Waals surface area contributed by atoms with Crippen LogP contribution in [0.15, 0.2) is 0 Å². The molecular weight excluding hydrogens is 248 g/mol. The van der Waals surface area contributed by atoms with Crippen LogP contribution in [0.1, 0.15) is 35.9 Å². The van der Waals surface area contributed by atoms with E-state index in [2.05, 4.69) is 12.2 Å². The number of thiophene rings is 1. The van der Waals surface area contributed by atoms with Crippen molar-refractivity contribution in [1.82, 2.24) is 0 Å². The summed E-state index contributed by atoms with van der Waals surface area (Å²) in [5, 5.41) is 4.33. The Morgan fingerprint density at radius 2 is 2.17 bits per heavy atom. The van der Waals surface area contributed by atoms with E-state index in [1.54, 1.807) is 7.11 Å². The highest BCUT2D eigenvalue weighted by atomic mass is 32.1. The first-order chi connectivity index (χ1) is 8.61. The molecule has 0 amide bonds. The maximum Gasteiger partial charge on any atom is 0.178 e. The molecule has 3 rings (SSSR count). The number of nitrogens with one attached hydrogen (secondary N) is 1. The second kappa shape index (κ2) is 4.16. The molecule has 0 saturated heterocycles. The molecule has 2 aliphatic carbocycles. The van der Waals surface area contributed by atoms with Crippen LogP contribution < -0.4 is 15.8 Å². The molecule has 2 aliphatic rings. The van der Waals surface area contributed by atoms with E-state index in [0.29, 0.717) is 28.3 Å². The van der Waals surface area contributed by atoms with Gasteiger partial charge in [-0.15, -0.1) is 11.3 Å². The number of Topliss-reactive ketones (excluding diaryl/α,β-unsaturated/α-hetero) is 1. The highest BCUT2D eigenvalue weighted by Gasteiger charge is 2.37. The average molecular weight is 266 g/mol. The first-order valence-electron chi connectivity index (χ1n) is 6.38. The molecule has 1 aromatic heterocycles. The van der Waals surface area contributed by atoms with Crippen molar-refractivity contribution in [2.45, 2.75) is 32.2 Å². The SMILES string of the molecule is COc1c(NC2CC2C)sc(C(=O)C2CC2)c1N. The molecular formula is C13H18N2O2S. The van der Waals surface area contributed by atoms with Gasteiger partial charge in [-0.05, 0) is 25.2 Å². The minimum absolute atomic E-state index is 0.188. The Labute approximate surface area is 111 Å². The van der Waals surface area contributed by atoms with Crippen molar-refractivity contribution in [2.75, 3.05) is 18.2 Å². The monoisotopic (exact) mass is 266 g/mol. The molecule has 2 unspecified atom stereocenters. The molecule has 2 saturated carbocycles. The summed E-state index contributed by atoms with van der Waals surface area (Å²) in [6.07, 6.45) is 3.18. The quantitative estimate of drug-likeness (QED) is 0.804. The lowest BCUT2D eigenvalue weighted by atomic mass is 10.2. The van der Waals surface area contributed by atoms with Crippen LogP contribution in [0.2, 0.25) is 0 Å². The Morgan fingerprint density at radius 1 is 1.50 bits per heavy atom. The van der Waals surface area contributed by atoms with Crippen molar-refractivity contribution < 1.29 is 9.53 Å². The van der Waals surface area contributed by atoms with Gasteiger partial charge in [-0.1, -0.05) is 6.92 Å². The predicted octanol–water partition coefficient (Wildman–Crippen LogP) is 2.75. The Morgan fingerprint density at radius 3 is 2.67 bits per heavy atom. The van der Waals surface area contributed by atoms with Gasteiger partial charge in [0.25, 0.3) is 0 Å². The molecule has 0 bridgehead atoms. The van der Waals surface area contributed by atoms with Crippen LogP contribution in [-0.4, -0.2) is 18.9 Å². The summed E-state index contributed by atoms with van der Waals surface area (Å²) in [5.74, 6) is 1.72. The number of methoxy groups -OCH3 is 1. The fourth-order valence-electron chi connectivity index (χ4n) is 2.13. The number of hydrogen-bond acceptors (Lipinski definition) is 5. The molecule has 2 fully saturated rings. The van der Waals surface area contributed by atoms with E-state index in [4.69, 9.17) is 10.5 Å². The van der Waals surface area contributed by atoms with Gasteiger partial charge in [-0.25, -0.2) is 0 Å². The van der Waals surface area contributed by atoms with Crippen molar-refractivity contribution >= 4 is 27.8 Å². The van der Waals surface area contributed by atoms with E-state index in [9.17, 15) is 4.79 Å². The normalized spacial score (nSPS) is 25.9. The first-order valence-corrected chi connectivity index (χ1v) is 7.20. The molecule has 0 radical (unpaired) electrons. The van der Waals surface area contributed by atoms with E-state index in [-0.39, 0.29) is 11.7 Å². The topological polar surface area (TPSA) is 64.3 Å². The third-order valence-electron chi connectivity index (χ3n) is 3.70. The second-order valence-electron chi connectivity index (χ2n) is 5.31. The van der Waals surface area contributed by atoms with E-state index >= 15 is 0 Å². The number of carbonyl (C=O) groups is 1. The summed E-state index contributed by atoms with van der Waals surface area (Å²) in [7, 11) is 1.60. The van der Waals surface area contributed by atoms with Crippen LogP contribution in [0.4, 0.5) is 10.7 Å². The van der Waals surface area contributed by atoms with E-state index < -0.39 is 0 Å². The maximum atomic E-state index is 12.1. The first kappa shape index (κ1) is 11.8. The number of rotatable bonds is 5. The van der Waals surface area contributed by atoms with Crippen LogP contribution >= 0.6 is 11.3 Å². The molecule has 98 valence electrons. The van der Waals surface area contributed by atoms with Gasteiger partial charge in [0.1, 0.15) is 5.00 Å². The number of nitrogen functional groups attached to an aromatic ring is 1. The van der Waals surface area contributed by atoms with Gasteiger partial charge in [0, 0.05) is 12.0 Å². The lowest BCUT2D eigenvalue weighted by Gasteiger charge is -2.05. The largest absolute Gasteiger partial charge is 0.492 e. The summed E-state index contributed by atoms with van der Waals surface area (Å²) in [4.78, 5) is 12.8. The van der Waals surface area contributed by atoms with E-state index in [0.717, 1.165) is 17.8 Å². The van der Waals surface area contributed by atoms with Crippen LogP contribution in [0.3, 0.4) is 0 Å². The lowest BCUT2D eigenvalue weighted by Crippen LogP contribution is -2.03. The third kappa shape index (κ3) is 1.96. The number of carbonyl (C=O) groups excluding carboxylic acids is 1. The second-order valence-corrected chi connectivity index (χ2v) is 6.33. The molecule has 1 heterocycles. The van der Waals surface area contributed by atoms with Gasteiger partial charge >= 0.3 is 0 Å². The molecule has 3 N–H and O–H groups in total. The highest BCUT2D eigenvalue weighted by molar-refractivity contribution is 7.19. The fourth-order valence-corrected chi connectivity index (χ4v) is 3.30. The molecule has 4 nitrogen and oxygen atoms in total. The molecule has 0 aliphatic heterocycles. The van der Waals surface area contributed by atoms with Gasteiger partial charge in [0.05, 0.1) is 17.7 Å². The predicted molar refractivity (Wildman–Crippen MR) is 73.5 cm³/mol. The van der Waals surface area contributed by atoms with Gasteiger partial charge < -0.3 is 15.8 Å². The highest BCUT2D eigenvalue weighted by Crippen LogP contribution is 2.48. The standard InChI is InChI=1S/C13H18N2O2S/c1-6-5-8(6)15-13-11(17-2)9(14)12(18-13)10(16)7-3-4-7/h6-8,15H,3-5,14H2,1-2H3. The van der Waals surface area contributed by atoms with Crippen molar-refractivity contribution in [3.05, 3.63) is 4.88 Å². The molecule has 2 atom stereocenters. The molecule has 5 heteroatoms. The van der Waals surface area contributed by atoms with Gasteiger partial charge in [0.2, 0.25) is 0 Å². The summed E-state index contributed by atoms with van der Waals surface area (Å²) < 4.78 is 5.34. The zero-order valence-corrected chi connectivity index (χ0v) is 11.5. The Kier molecular flexibility index (Phi) is 2.73. The number of ketones is 1. The smallest absolute Gasteiger partial charge is 0.178 e. The summed E-state index contributed by atoms with van der Waals surface area (Å²) in [6.45, 7) is 2.21. The summed E-state index contributed by atoms with van der Waals surface area (Å²) in [6, 6.07) is 0.501. The minimum atomic E-state index is 0.188. The molecule has 1 aromatic rings. The van der Waals surface area contributed by atoms with Crippen LogP contribution in [0.25, 0.3) is 0 Å². The van der Waals surface area contributed by atoms with Crippen molar-refractivity contribution in [1.29, 1.82) is 0 Å². The zero-order chi connectivity index (χ0) is 12.9. The van der Waals surface area contributed by atoms with Crippen molar-refractivity contribution in [2.24, 2.45) is 11.8 Å². The molecule has 0 aromatic carbocycles. The maximum absolute atomic E-state index is 12.1. The van der Waals surface area contributed by atoms with E-state index in [1.807, 2.05) is 0 Å². The minimum Gasteiger partial charge on any atom is -0.492 e. The zero-order valence-electron chi connectivity index (χ0n) is 10.7. The number of anilines is 2.